The minimum Gasteiger partial charge on any atom is -0.395 e. The highest BCUT2D eigenvalue weighted by atomic mass is 19.1. The molecule has 134 valence electrons. The standard InChI is InChI=1S/C18H26F2N2O2/c1-2-13-3-5-17(6-4-13)22(7-8-23)12-18(24)21-16-10-14(19)9-15(20)11-16/h9-11,13,17,23H,2-8,12H2,1H3,(H,21,24). The Labute approximate surface area is 141 Å². The van der Waals surface area contributed by atoms with Crippen LogP contribution in [0.25, 0.3) is 0 Å². The van der Waals surface area contributed by atoms with Crippen molar-refractivity contribution in [3.63, 3.8) is 0 Å². The monoisotopic (exact) mass is 340 g/mol. The van der Waals surface area contributed by atoms with Crippen molar-refractivity contribution in [3.8, 4) is 0 Å². The molecular formula is C18H26F2N2O2. The lowest BCUT2D eigenvalue weighted by molar-refractivity contribution is -0.118. The quantitative estimate of drug-likeness (QED) is 0.802. The fraction of sp³-hybridized carbons (Fsp3) is 0.611. The third-order valence-electron chi connectivity index (χ3n) is 4.79. The molecule has 0 aromatic heterocycles. The zero-order valence-electron chi connectivity index (χ0n) is 14.1. The number of aliphatic hydroxyl groups excluding tert-OH is 1. The Morgan fingerprint density at radius 2 is 1.83 bits per heavy atom. The van der Waals surface area contributed by atoms with E-state index < -0.39 is 11.6 Å². The molecule has 2 rings (SSSR count). The number of amides is 1. The van der Waals surface area contributed by atoms with Crippen molar-refractivity contribution >= 4 is 11.6 Å². The summed E-state index contributed by atoms with van der Waals surface area (Å²) in [6.45, 7) is 2.71. The zero-order valence-corrected chi connectivity index (χ0v) is 14.1. The van der Waals surface area contributed by atoms with Crippen molar-refractivity contribution in [3.05, 3.63) is 29.8 Å². The van der Waals surface area contributed by atoms with Gasteiger partial charge in [-0.25, -0.2) is 8.78 Å². The summed E-state index contributed by atoms with van der Waals surface area (Å²) in [6.07, 6.45) is 5.48. The maximum Gasteiger partial charge on any atom is 0.238 e. The molecule has 0 atom stereocenters. The molecule has 1 aromatic rings. The molecule has 0 heterocycles. The van der Waals surface area contributed by atoms with Gasteiger partial charge in [-0.15, -0.1) is 0 Å². The molecule has 0 saturated heterocycles. The zero-order chi connectivity index (χ0) is 17.5. The number of halogens is 2. The molecule has 1 aromatic carbocycles. The molecule has 0 radical (unpaired) electrons. The highest BCUT2D eigenvalue weighted by molar-refractivity contribution is 5.92. The van der Waals surface area contributed by atoms with Gasteiger partial charge in [-0.1, -0.05) is 13.3 Å². The maximum absolute atomic E-state index is 13.2. The Hall–Kier alpha value is -1.53. The van der Waals surface area contributed by atoms with Gasteiger partial charge < -0.3 is 10.4 Å². The van der Waals surface area contributed by atoms with Crippen molar-refractivity contribution in [2.75, 3.05) is 25.0 Å². The number of hydrogen-bond acceptors (Lipinski definition) is 3. The van der Waals surface area contributed by atoms with Gasteiger partial charge in [0.15, 0.2) is 0 Å². The number of rotatable bonds is 7. The van der Waals surface area contributed by atoms with Gasteiger partial charge in [0, 0.05) is 24.3 Å². The van der Waals surface area contributed by atoms with Gasteiger partial charge in [0.25, 0.3) is 0 Å². The van der Waals surface area contributed by atoms with Gasteiger partial charge in [-0.05, 0) is 43.7 Å². The molecule has 1 amide bonds. The predicted molar refractivity (Wildman–Crippen MR) is 89.7 cm³/mol. The third-order valence-corrected chi connectivity index (χ3v) is 4.79. The lowest BCUT2D eigenvalue weighted by Gasteiger charge is -2.36. The van der Waals surface area contributed by atoms with Crippen LogP contribution in [0.1, 0.15) is 39.0 Å². The minimum atomic E-state index is -0.726. The fourth-order valence-electron chi connectivity index (χ4n) is 3.45. The molecular weight excluding hydrogens is 314 g/mol. The van der Waals surface area contributed by atoms with Crippen LogP contribution in [0.4, 0.5) is 14.5 Å². The highest BCUT2D eigenvalue weighted by Gasteiger charge is 2.26. The van der Waals surface area contributed by atoms with Crippen LogP contribution in [0.15, 0.2) is 18.2 Å². The molecule has 1 saturated carbocycles. The maximum atomic E-state index is 13.2. The second-order valence-corrected chi connectivity index (χ2v) is 6.48. The van der Waals surface area contributed by atoms with Gasteiger partial charge in [0.05, 0.1) is 13.2 Å². The SMILES string of the molecule is CCC1CCC(N(CCO)CC(=O)Nc2cc(F)cc(F)c2)CC1. The summed E-state index contributed by atoms with van der Waals surface area (Å²) in [4.78, 5) is 14.2. The molecule has 0 unspecified atom stereocenters. The summed E-state index contributed by atoms with van der Waals surface area (Å²) >= 11 is 0. The van der Waals surface area contributed by atoms with Gasteiger partial charge in [-0.3, -0.25) is 9.69 Å². The summed E-state index contributed by atoms with van der Waals surface area (Å²) < 4.78 is 26.4. The summed E-state index contributed by atoms with van der Waals surface area (Å²) in [5.74, 6) is -1.03. The van der Waals surface area contributed by atoms with Crippen molar-refractivity contribution in [1.29, 1.82) is 0 Å². The van der Waals surface area contributed by atoms with Crippen LogP contribution in [0.5, 0.6) is 0 Å². The van der Waals surface area contributed by atoms with E-state index in [2.05, 4.69) is 12.2 Å². The molecule has 1 aliphatic rings. The number of benzene rings is 1. The summed E-state index contributed by atoms with van der Waals surface area (Å²) in [5.41, 5.74) is 0.108. The largest absolute Gasteiger partial charge is 0.395 e. The Kier molecular flexibility index (Phi) is 7.12. The third kappa shape index (κ3) is 5.53. The molecule has 0 spiro atoms. The second-order valence-electron chi connectivity index (χ2n) is 6.48. The average molecular weight is 340 g/mol. The van der Waals surface area contributed by atoms with E-state index in [4.69, 9.17) is 0 Å². The molecule has 0 bridgehead atoms. The van der Waals surface area contributed by atoms with Crippen molar-refractivity contribution in [1.82, 2.24) is 4.90 Å². The number of carbonyl (C=O) groups excluding carboxylic acids is 1. The van der Waals surface area contributed by atoms with Crippen molar-refractivity contribution < 1.29 is 18.7 Å². The topological polar surface area (TPSA) is 52.6 Å². The van der Waals surface area contributed by atoms with Crippen molar-refractivity contribution in [2.45, 2.75) is 45.1 Å². The fourth-order valence-corrected chi connectivity index (χ4v) is 3.45. The van der Waals surface area contributed by atoms with Crippen LogP contribution in [-0.2, 0) is 4.79 Å². The van der Waals surface area contributed by atoms with E-state index in [1.807, 2.05) is 4.90 Å². The average Bonchev–Trinajstić information content (AvgIpc) is 2.53. The lowest BCUT2D eigenvalue weighted by atomic mass is 9.84. The Morgan fingerprint density at radius 3 is 2.38 bits per heavy atom. The highest BCUT2D eigenvalue weighted by Crippen LogP contribution is 2.29. The first-order valence-corrected chi connectivity index (χ1v) is 8.62. The Morgan fingerprint density at radius 1 is 1.21 bits per heavy atom. The first-order chi connectivity index (χ1) is 11.5. The minimum absolute atomic E-state index is 0.0183. The number of hydrogen-bond donors (Lipinski definition) is 2. The second kappa shape index (κ2) is 9.08. The van der Waals surface area contributed by atoms with Crippen LogP contribution in [0.3, 0.4) is 0 Å². The molecule has 1 fully saturated rings. The van der Waals surface area contributed by atoms with Crippen LogP contribution >= 0.6 is 0 Å². The van der Waals surface area contributed by atoms with E-state index in [0.29, 0.717) is 6.54 Å². The van der Waals surface area contributed by atoms with Gasteiger partial charge in [0.2, 0.25) is 5.91 Å². The van der Waals surface area contributed by atoms with Gasteiger partial charge in [0.1, 0.15) is 11.6 Å². The normalized spacial score (nSPS) is 21.0. The predicted octanol–water partition coefficient (Wildman–Crippen LogP) is 3.17. The molecule has 24 heavy (non-hydrogen) atoms. The number of aliphatic hydroxyl groups is 1. The van der Waals surface area contributed by atoms with E-state index in [0.717, 1.165) is 49.8 Å². The Balaban J connectivity index is 1.93. The van der Waals surface area contributed by atoms with Crippen LogP contribution < -0.4 is 5.32 Å². The molecule has 1 aliphatic carbocycles. The summed E-state index contributed by atoms with van der Waals surface area (Å²) in [7, 11) is 0. The first kappa shape index (κ1) is 18.8. The number of nitrogens with one attached hydrogen (secondary N) is 1. The van der Waals surface area contributed by atoms with E-state index >= 15 is 0 Å². The van der Waals surface area contributed by atoms with E-state index in [1.54, 1.807) is 0 Å². The van der Waals surface area contributed by atoms with Crippen molar-refractivity contribution in [2.24, 2.45) is 5.92 Å². The molecule has 2 N–H and O–H groups in total. The van der Waals surface area contributed by atoms with Gasteiger partial charge in [-0.2, -0.15) is 0 Å². The Bertz CT molecular complexity index is 526. The smallest absolute Gasteiger partial charge is 0.238 e. The van der Waals surface area contributed by atoms with Gasteiger partial charge >= 0.3 is 0 Å². The number of carbonyl (C=O) groups is 1. The first-order valence-electron chi connectivity index (χ1n) is 8.62. The molecule has 4 nitrogen and oxygen atoms in total. The molecule has 0 aliphatic heterocycles. The molecule has 6 heteroatoms. The lowest BCUT2D eigenvalue weighted by Crippen LogP contribution is -2.44. The van der Waals surface area contributed by atoms with E-state index in [1.165, 1.54) is 6.42 Å². The van der Waals surface area contributed by atoms with E-state index in [9.17, 15) is 18.7 Å². The number of nitrogens with zero attached hydrogens (tertiary/aromatic N) is 1. The van der Waals surface area contributed by atoms with Crippen LogP contribution in [-0.4, -0.2) is 41.7 Å². The summed E-state index contributed by atoms with van der Waals surface area (Å²) in [5, 5.41) is 11.8. The van der Waals surface area contributed by atoms with Crippen LogP contribution in [0.2, 0.25) is 0 Å². The summed E-state index contributed by atoms with van der Waals surface area (Å²) in [6, 6.07) is 3.21. The van der Waals surface area contributed by atoms with Crippen LogP contribution in [0, 0.1) is 17.6 Å². The van der Waals surface area contributed by atoms with E-state index in [-0.39, 0.29) is 30.8 Å². The number of anilines is 1.